The van der Waals surface area contributed by atoms with Crippen molar-refractivity contribution >= 4 is 27.5 Å². The van der Waals surface area contributed by atoms with Gasteiger partial charge in [-0.05, 0) is 35.9 Å². The smallest absolute Gasteiger partial charge is 0.418 e. The summed E-state index contributed by atoms with van der Waals surface area (Å²) in [5.74, 6) is 0.651. The maximum Gasteiger partial charge on any atom is 0.418 e. The lowest BCUT2D eigenvalue weighted by atomic mass is 10.3. The highest BCUT2D eigenvalue weighted by Gasteiger charge is 2.40. The fourth-order valence-electron chi connectivity index (χ4n) is 0.733. The molecule has 2 rings (SSSR count). The number of halogens is 2. The topological polar surface area (TPSA) is 34.0 Å². The van der Waals surface area contributed by atoms with Crippen LogP contribution in [0.1, 0.15) is 0 Å². The second kappa shape index (κ2) is 2.71. The van der Waals surface area contributed by atoms with E-state index in [1.807, 2.05) is 12.1 Å². The van der Waals surface area contributed by atoms with Gasteiger partial charge in [-0.3, -0.25) is 0 Å². The van der Waals surface area contributed by atoms with Crippen LogP contribution in [0.4, 0.5) is 0 Å². The zero-order chi connectivity index (χ0) is 8.60. The van der Waals surface area contributed by atoms with Crippen molar-refractivity contribution in [2.24, 2.45) is 10.2 Å². The summed E-state index contributed by atoms with van der Waals surface area (Å²) in [4.78, 5) is 0. The van der Waals surface area contributed by atoms with E-state index in [-0.39, 0.29) is 0 Å². The monoisotopic (exact) mass is 246 g/mol. The predicted molar refractivity (Wildman–Crippen MR) is 48.2 cm³/mol. The van der Waals surface area contributed by atoms with Crippen molar-refractivity contribution in [3.63, 3.8) is 0 Å². The molecule has 5 heteroatoms. The van der Waals surface area contributed by atoms with E-state index in [0.717, 1.165) is 4.47 Å². The molecule has 3 nitrogen and oxygen atoms in total. The molecule has 1 aliphatic heterocycles. The Labute approximate surface area is 82.5 Å². The first kappa shape index (κ1) is 8.01. The lowest BCUT2D eigenvalue weighted by Crippen LogP contribution is -2.10. The van der Waals surface area contributed by atoms with Crippen molar-refractivity contribution in [3.05, 3.63) is 28.7 Å². The molecule has 0 aliphatic carbocycles. The second-order valence-corrected chi connectivity index (χ2v) is 3.69. The van der Waals surface area contributed by atoms with E-state index in [1.165, 1.54) is 0 Å². The van der Waals surface area contributed by atoms with E-state index in [4.69, 9.17) is 16.3 Å². The van der Waals surface area contributed by atoms with Crippen LogP contribution in [0.5, 0.6) is 5.75 Å². The van der Waals surface area contributed by atoms with E-state index in [1.54, 1.807) is 12.1 Å². The number of nitrogens with zero attached hydrogens (tertiary/aromatic N) is 2. The molecule has 1 aromatic carbocycles. The number of rotatable bonds is 2. The highest BCUT2D eigenvalue weighted by molar-refractivity contribution is 9.10. The first-order chi connectivity index (χ1) is 5.68. The minimum Gasteiger partial charge on any atom is -0.432 e. The van der Waals surface area contributed by atoms with Crippen LogP contribution in [0, 0.1) is 0 Å². The van der Waals surface area contributed by atoms with E-state index < -0.39 is 5.31 Å². The average molecular weight is 247 g/mol. The fraction of sp³-hybridized carbons (Fsp3) is 0.143. The normalized spacial score (nSPS) is 17.5. The summed E-state index contributed by atoms with van der Waals surface area (Å²) in [7, 11) is 0. The zero-order valence-electron chi connectivity index (χ0n) is 5.87. The highest BCUT2D eigenvalue weighted by atomic mass is 79.9. The van der Waals surface area contributed by atoms with Gasteiger partial charge in [-0.2, -0.15) is 0 Å². The number of hydrogen-bond acceptors (Lipinski definition) is 3. The Balaban J connectivity index is 2.09. The molecule has 0 spiro atoms. The summed E-state index contributed by atoms with van der Waals surface area (Å²) >= 11 is 8.96. The summed E-state index contributed by atoms with van der Waals surface area (Å²) < 4.78 is 6.17. The van der Waals surface area contributed by atoms with Crippen molar-refractivity contribution in [1.82, 2.24) is 0 Å². The molecule has 1 heterocycles. The maximum absolute atomic E-state index is 5.65. The predicted octanol–water partition coefficient (Wildman–Crippen LogP) is 3.14. The molecule has 1 aromatic rings. The van der Waals surface area contributed by atoms with Gasteiger partial charge in [-0.1, -0.05) is 26.2 Å². The summed E-state index contributed by atoms with van der Waals surface area (Å²) in [6, 6.07) is 7.30. The SMILES string of the molecule is ClC1(Oc2ccc(Br)cc2)N=N1. The summed E-state index contributed by atoms with van der Waals surface area (Å²) in [6.45, 7) is 0. The summed E-state index contributed by atoms with van der Waals surface area (Å²) in [5, 5.41) is 5.87. The molecule has 0 amide bonds. The van der Waals surface area contributed by atoms with Crippen molar-refractivity contribution in [1.29, 1.82) is 0 Å². The minimum atomic E-state index is -1.15. The molecule has 0 N–H and O–H groups in total. The first-order valence-electron chi connectivity index (χ1n) is 3.25. The fourth-order valence-corrected chi connectivity index (χ4v) is 1.12. The third-order valence-electron chi connectivity index (χ3n) is 1.32. The number of benzene rings is 1. The van der Waals surface area contributed by atoms with Crippen LogP contribution in [-0.4, -0.2) is 5.31 Å². The Morgan fingerprint density at radius 2 is 1.83 bits per heavy atom. The Bertz CT molecular complexity index is 319. The van der Waals surface area contributed by atoms with Gasteiger partial charge in [-0.15, -0.1) is 0 Å². The van der Waals surface area contributed by atoms with Crippen LogP contribution in [0.3, 0.4) is 0 Å². The molecule has 0 saturated carbocycles. The highest BCUT2D eigenvalue weighted by Crippen LogP contribution is 2.35. The van der Waals surface area contributed by atoms with Crippen LogP contribution in [0.2, 0.25) is 0 Å². The molecule has 1 aliphatic rings. The van der Waals surface area contributed by atoms with E-state index in [0.29, 0.717) is 5.75 Å². The number of hydrogen-bond donors (Lipinski definition) is 0. The molecule has 0 aromatic heterocycles. The van der Waals surface area contributed by atoms with Crippen LogP contribution in [0.25, 0.3) is 0 Å². The molecule has 0 atom stereocenters. The van der Waals surface area contributed by atoms with Crippen molar-refractivity contribution in [3.8, 4) is 5.75 Å². The largest absolute Gasteiger partial charge is 0.432 e. The third kappa shape index (κ3) is 1.76. The Kier molecular flexibility index (Phi) is 1.81. The van der Waals surface area contributed by atoms with Crippen LogP contribution in [-0.2, 0) is 0 Å². The lowest BCUT2D eigenvalue weighted by molar-refractivity contribution is 0.246. The Morgan fingerprint density at radius 3 is 2.33 bits per heavy atom. The molecule has 0 unspecified atom stereocenters. The van der Waals surface area contributed by atoms with Gasteiger partial charge in [0.15, 0.2) is 0 Å². The summed E-state index contributed by atoms with van der Waals surface area (Å²) in [6.07, 6.45) is 0. The molecule has 0 saturated heterocycles. The molecule has 12 heavy (non-hydrogen) atoms. The van der Waals surface area contributed by atoms with E-state index in [9.17, 15) is 0 Å². The zero-order valence-corrected chi connectivity index (χ0v) is 8.21. The Morgan fingerprint density at radius 1 is 1.25 bits per heavy atom. The number of alkyl halides is 1. The van der Waals surface area contributed by atoms with Gasteiger partial charge in [0.05, 0.1) is 0 Å². The van der Waals surface area contributed by atoms with E-state index in [2.05, 4.69) is 26.2 Å². The van der Waals surface area contributed by atoms with Crippen molar-refractivity contribution in [2.75, 3.05) is 0 Å². The molecule has 0 fully saturated rings. The molecular formula is C7H4BrClN2O. The molecular weight excluding hydrogens is 243 g/mol. The van der Waals surface area contributed by atoms with Crippen LogP contribution in [0.15, 0.2) is 39.0 Å². The molecule has 0 radical (unpaired) electrons. The van der Waals surface area contributed by atoms with Gasteiger partial charge in [0.25, 0.3) is 0 Å². The third-order valence-corrected chi connectivity index (χ3v) is 2.08. The molecule has 62 valence electrons. The van der Waals surface area contributed by atoms with Crippen molar-refractivity contribution in [2.45, 2.75) is 5.31 Å². The van der Waals surface area contributed by atoms with Gasteiger partial charge < -0.3 is 4.74 Å². The van der Waals surface area contributed by atoms with Crippen molar-refractivity contribution < 1.29 is 4.74 Å². The van der Waals surface area contributed by atoms with Gasteiger partial charge in [0.1, 0.15) is 5.75 Å². The maximum atomic E-state index is 5.65. The average Bonchev–Trinajstić information content (AvgIpc) is 2.74. The van der Waals surface area contributed by atoms with Gasteiger partial charge >= 0.3 is 5.31 Å². The van der Waals surface area contributed by atoms with Gasteiger partial charge in [-0.25, -0.2) is 0 Å². The summed E-state index contributed by atoms with van der Waals surface area (Å²) in [5.41, 5.74) is 0. The Hall–Kier alpha value is -0.610. The lowest BCUT2D eigenvalue weighted by Gasteiger charge is -2.05. The molecule has 0 bridgehead atoms. The first-order valence-corrected chi connectivity index (χ1v) is 4.43. The van der Waals surface area contributed by atoms with Crippen LogP contribution < -0.4 is 4.74 Å². The van der Waals surface area contributed by atoms with Gasteiger partial charge in [0, 0.05) is 4.47 Å². The number of ether oxygens (including phenoxy) is 1. The second-order valence-electron chi connectivity index (χ2n) is 2.28. The minimum absolute atomic E-state index is 0.651. The quantitative estimate of drug-likeness (QED) is 0.584. The standard InChI is InChI=1S/C7H4BrClN2O/c8-5-1-3-6(4-2-5)12-7(9)10-11-7/h1-4H. The van der Waals surface area contributed by atoms with E-state index >= 15 is 0 Å². The van der Waals surface area contributed by atoms with Crippen LogP contribution >= 0.6 is 27.5 Å². The van der Waals surface area contributed by atoms with Gasteiger partial charge in [0.2, 0.25) is 0 Å².